The molecule has 57 heavy (non-hydrogen) atoms. The number of nitrogens with zero attached hydrogens (tertiary/aromatic N) is 1. The van der Waals surface area contributed by atoms with Crippen LogP contribution in [0.1, 0.15) is 214 Å². The Balaban J connectivity index is 4.56. The minimum Gasteiger partial charge on any atom is -0.465 e. The summed E-state index contributed by atoms with van der Waals surface area (Å²) in [4.78, 5) is 39.8. The molecule has 0 radical (unpaired) electrons. The van der Waals surface area contributed by atoms with E-state index in [-0.39, 0.29) is 38.4 Å². The van der Waals surface area contributed by atoms with Crippen LogP contribution in [0.5, 0.6) is 0 Å². The molecule has 0 aliphatic rings. The molecule has 0 saturated heterocycles. The van der Waals surface area contributed by atoms with E-state index >= 15 is 0 Å². The molecular formula is C49H91NO7. The standard InChI is InChI=1S/C49H91NO7/c1-6-11-14-16-18-19-20-21-22-23-24-25-26-28-32-38-47(51)55-42-46(44-57-49(53)54-41-34-40-50(9-4)10-5)43-56-48(52)39-33-29-31-37-45(35-13-8-3)36-30-27-17-15-12-7-2/h18-19,21-22,45-46H,6-17,20,23-44H2,1-5H3/b19-18-,22-21-. The van der Waals surface area contributed by atoms with E-state index in [1.807, 2.05) is 0 Å². The predicted molar refractivity (Wildman–Crippen MR) is 239 cm³/mol. The van der Waals surface area contributed by atoms with Crippen LogP contribution in [0.4, 0.5) is 4.79 Å². The fraction of sp³-hybridized carbons (Fsp3) is 0.857. The van der Waals surface area contributed by atoms with Crippen LogP contribution >= 0.6 is 0 Å². The third-order valence-corrected chi connectivity index (χ3v) is 10.9. The molecule has 0 amide bonds. The molecule has 0 aromatic heterocycles. The maximum absolute atomic E-state index is 12.7. The van der Waals surface area contributed by atoms with Gasteiger partial charge in [-0.25, -0.2) is 4.79 Å². The van der Waals surface area contributed by atoms with Gasteiger partial charge >= 0.3 is 18.1 Å². The van der Waals surface area contributed by atoms with Gasteiger partial charge in [-0.05, 0) is 70.4 Å². The van der Waals surface area contributed by atoms with Crippen LogP contribution < -0.4 is 0 Å². The first-order chi connectivity index (χ1) is 27.9. The minimum atomic E-state index is -0.754. The lowest BCUT2D eigenvalue weighted by Gasteiger charge is -2.18. The van der Waals surface area contributed by atoms with Crippen molar-refractivity contribution in [3.05, 3.63) is 24.3 Å². The molecule has 2 atom stereocenters. The molecule has 0 heterocycles. The smallest absolute Gasteiger partial charge is 0.465 e. The first-order valence-corrected chi connectivity index (χ1v) is 24.0. The van der Waals surface area contributed by atoms with Gasteiger partial charge in [-0.15, -0.1) is 0 Å². The topological polar surface area (TPSA) is 91.4 Å². The van der Waals surface area contributed by atoms with Crippen LogP contribution in [0, 0.1) is 11.8 Å². The number of carbonyl (C=O) groups is 3. The van der Waals surface area contributed by atoms with Crippen LogP contribution in [0.15, 0.2) is 24.3 Å². The summed E-state index contributed by atoms with van der Waals surface area (Å²) in [5.74, 6) is -0.183. The van der Waals surface area contributed by atoms with Gasteiger partial charge < -0.3 is 23.8 Å². The molecule has 0 bridgehead atoms. The van der Waals surface area contributed by atoms with Crippen LogP contribution in [-0.4, -0.2) is 69.1 Å². The normalized spacial score (nSPS) is 12.7. The van der Waals surface area contributed by atoms with Crippen LogP contribution in [-0.2, 0) is 28.5 Å². The zero-order chi connectivity index (χ0) is 41.9. The average Bonchev–Trinajstić information content (AvgIpc) is 3.21. The van der Waals surface area contributed by atoms with Crippen LogP contribution in [0.25, 0.3) is 0 Å². The largest absolute Gasteiger partial charge is 0.508 e. The fourth-order valence-corrected chi connectivity index (χ4v) is 7.02. The number of rotatable bonds is 42. The maximum Gasteiger partial charge on any atom is 0.508 e. The predicted octanol–water partition coefficient (Wildman–Crippen LogP) is 13.9. The van der Waals surface area contributed by atoms with Crippen molar-refractivity contribution in [2.24, 2.45) is 11.8 Å². The summed E-state index contributed by atoms with van der Waals surface area (Å²) in [5.41, 5.74) is 0. The van der Waals surface area contributed by atoms with Crippen molar-refractivity contribution in [3.63, 3.8) is 0 Å². The lowest BCUT2D eigenvalue weighted by Crippen LogP contribution is -2.27. The highest BCUT2D eigenvalue weighted by molar-refractivity contribution is 5.69. The van der Waals surface area contributed by atoms with Crippen molar-refractivity contribution >= 4 is 18.1 Å². The highest BCUT2D eigenvalue weighted by Gasteiger charge is 2.18. The van der Waals surface area contributed by atoms with Gasteiger partial charge in [0.15, 0.2) is 0 Å². The van der Waals surface area contributed by atoms with Gasteiger partial charge in [0.25, 0.3) is 0 Å². The van der Waals surface area contributed by atoms with E-state index in [0.29, 0.717) is 12.8 Å². The monoisotopic (exact) mass is 806 g/mol. The number of carbonyl (C=O) groups excluding carboxylic acids is 3. The van der Waals surface area contributed by atoms with Gasteiger partial charge in [0.05, 0.1) is 12.5 Å². The van der Waals surface area contributed by atoms with Crippen molar-refractivity contribution in [2.45, 2.75) is 214 Å². The molecule has 0 aliphatic heterocycles. The van der Waals surface area contributed by atoms with Gasteiger partial charge in [-0.2, -0.15) is 0 Å². The lowest BCUT2D eigenvalue weighted by molar-refractivity contribution is -0.150. The highest BCUT2D eigenvalue weighted by Crippen LogP contribution is 2.24. The summed E-state index contributed by atoms with van der Waals surface area (Å²) in [6.45, 7) is 14.0. The minimum absolute atomic E-state index is 0.0272. The third kappa shape index (κ3) is 38.9. The molecule has 8 nitrogen and oxygen atoms in total. The molecular weight excluding hydrogens is 715 g/mol. The third-order valence-electron chi connectivity index (χ3n) is 10.9. The zero-order valence-corrected chi connectivity index (χ0v) is 38.0. The number of hydrogen-bond donors (Lipinski definition) is 0. The highest BCUT2D eigenvalue weighted by atomic mass is 16.7. The molecule has 8 heteroatoms. The molecule has 0 spiro atoms. The summed E-state index contributed by atoms with van der Waals surface area (Å²) in [6, 6.07) is 0. The van der Waals surface area contributed by atoms with Crippen molar-refractivity contribution < 1.29 is 33.3 Å². The van der Waals surface area contributed by atoms with Gasteiger partial charge in [-0.3, -0.25) is 9.59 Å². The van der Waals surface area contributed by atoms with Crippen molar-refractivity contribution in [1.82, 2.24) is 4.90 Å². The summed E-state index contributed by atoms with van der Waals surface area (Å²) < 4.78 is 21.8. The molecule has 0 fully saturated rings. The van der Waals surface area contributed by atoms with Gasteiger partial charge in [0.2, 0.25) is 0 Å². The van der Waals surface area contributed by atoms with Gasteiger partial charge in [-0.1, -0.05) is 174 Å². The van der Waals surface area contributed by atoms with E-state index in [4.69, 9.17) is 18.9 Å². The van der Waals surface area contributed by atoms with Gasteiger partial charge in [0.1, 0.15) is 19.8 Å². The van der Waals surface area contributed by atoms with Crippen molar-refractivity contribution in [2.75, 3.05) is 46.1 Å². The Morgan fingerprint density at radius 2 is 0.912 bits per heavy atom. The number of esters is 2. The molecule has 0 aromatic rings. The lowest BCUT2D eigenvalue weighted by atomic mass is 9.90. The second kappa shape index (κ2) is 43.2. The van der Waals surface area contributed by atoms with Crippen LogP contribution in [0.2, 0.25) is 0 Å². The Hall–Kier alpha value is -2.35. The molecule has 334 valence electrons. The summed E-state index contributed by atoms with van der Waals surface area (Å²) in [6.07, 6.45) is 39.7. The average molecular weight is 806 g/mol. The molecule has 0 N–H and O–H groups in total. The van der Waals surface area contributed by atoms with E-state index < -0.39 is 12.1 Å². The Morgan fingerprint density at radius 1 is 0.456 bits per heavy atom. The molecule has 0 aliphatic carbocycles. The molecule has 0 saturated carbocycles. The second-order valence-electron chi connectivity index (χ2n) is 16.2. The van der Waals surface area contributed by atoms with E-state index in [2.05, 4.69) is 63.8 Å². The zero-order valence-electron chi connectivity index (χ0n) is 38.0. The summed E-state index contributed by atoms with van der Waals surface area (Å²) >= 11 is 0. The Labute approximate surface area is 352 Å². The van der Waals surface area contributed by atoms with E-state index in [1.54, 1.807) is 0 Å². The number of allylic oxidation sites excluding steroid dienone is 4. The Kier molecular flexibility index (Phi) is 41.5. The number of unbranched alkanes of at least 4 members (excludes halogenated alkanes) is 16. The van der Waals surface area contributed by atoms with Crippen molar-refractivity contribution in [1.29, 1.82) is 0 Å². The number of hydrogen-bond acceptors (Lipinski definition) is 8. The maximum atomic E-state index is 12.7. The Bertz CT molecular complexity index is 963. The van der Waals surface area contributed by atoms with E-state index in [0.717, 1.165) is 89.8 Å². The molecule has 0 rings (SSSR count). The first kappa shape index (κ1) is 54.6. The number of ether oxygens (including phenoxy) is 4. The molecule has 0 aromatic carbocycles. The van der Waals surface area contributed by atoms with Crippen LogP contribution in [0.3, 0.4) is 0 Å². The SMILES string of the molecule is CCCCC/C=C\C/C=C\CCCCCCCC(=O)OCC(COC(=O)CCCCCC(CCCC)CCCCCCCC)COC(=O)OCCCN(CC)CC. The van der Waals surface area contributed by atoms with E-state index in [9.17, 15) is 14.4 Å². The summed E-state index contributed by atoms with van der Waals surface area (Å²) in [7, 11) is 0. The fourth-order valence-electron chi connectivity index (χ4n) is 7.02. The van der Waals surface area contributed by atoms with Crippen molar-refractivity contribution in [3.8, 4) is 0 Å². The Morgan fingerprint density at radius 3 is 1.49 bits per heavy atom. The first-order valence-electron chi connectivity index (χ1n) is 24.0. The molecule has 2 unspecified atom stereocenters. The quantitative estimate of drug-likeness (QED) is 0.0261. The summed E-state index contributed by atoms with van der Waals surface area (Å²) in [5, 5.41) is 0. The van der Waals surface area contributed by atoms with Gasteiger partial charge in [0, 0.05) is 19.4 Å². The second-order valence-corrected chi connectivity index (χ2v) is 16.2. The van der Waals surface area contributed by atoms with E-state index in [1.165, 1.54) is 103 Å².